The van der Waals surface area contributed by atoms with Gasteiger partial charge in [0.1, 0.15) is 0 Å². The van der Waals surface area contributed by atoms with E-state index in [1.54, 1.807) is 24.3 Å². The molecule has 3 nitrogen and oxygen atoms in total. The maximum absolute atomic E-state index is 11.4. The Balaban J connectivity index is 2.43. The van der Waals surface area contributed by atoms with Crippen molar-refractivity contribution < 1.29 is 9.59 Å². The van der Waals surface area contributed by atoms with Crippen molar-refractivity contribution in [1.82, 2.24) is 5.32 Å². The largest absolute Gasteiger partial charge is 0.295 e. The third-order valence-corrected chi connectivity index (χ3v) is 2.77. The van der Waals surface area contributed by atoms with Crippen LogP contribution in [0, 0.1) is 0 Å². The van der Waals surface area contributed by atoms with Crippen LogP contribution in [0.5, 0.6) is 0 Å². The summed E-state index contributed by atoms with van der Waals surface area (Å²) >= 11 is 6.11. The van der Waals surface area contributed by atoms with Crippen molar-refractivity contribution in [2.75, 3.05) is 0 Å². The lowest BCUT2D eigenvalue weighted by Crippen LogP contribution is -2.30. The molecule has 0 spiro atoms. The predicted molar refractivity (Wildman–Crippen MR) is 51.7 cm³/mol. The molecule has 1 fully saturated rings. The Labute approximate surface area is 86.1 Å². The SMILES string of the molecule is O=C1CC(Cl)(c2ccccc2)C(=O)N1. The lowest BCUT2D eigenvalue weighted by atomic mass is 9.97. The maximum atomic E-state index is 11.4. The number of halogens is 1. The van der Waals surface area contributed by atoms with E-state index in [0.717, 1.165) is 0 Å². The van der Waals surface area contributed by atoms with E-state index in [1.807, 2.05) is 6.07 Å². The number of amides is 2. The van der Waals surface area contributed by atoms with Gasteiger partial charge in [-0.05, 0) is 5.56 Å². The highest BCUT2D eigenvalue weighted by Gasteiger charge is 2.46. The monoisotopic (exact) mass is 209 g/mol. The van der Waals surface area contributed by atoms with Gasteiger partial charge in [-0.25, -0.2) is 0 Å². The molecule has 1 unspecified atom stereocenters. The summed E-state index contributed by atoms with van der Waals surface area (Å²) in [6, 6.07) is 8.89. The van der Waals surface area contributed by atoms with Crippen LogP contribution in [0.1, 0.15) is 12.0 Å². The Hall–Kier alpha value is -1.35. The molecule has 1 aromatic carbocycles. The second kappa shape index (κ2) is 3.10. The predicted octanol–water partition coefficient (Wildman–Crippen LogP) is 1.17. The lowest BCUT2D eigenvalue weighted by Gasteiger charge is -2.16. The molecule has 2 amide bonds. The van der Waals surface area contributed by atoms with Crippen LogP contribution in [0.25, 0.3) is 0 Å². The van der Waals surface area contributed by atoms with E-state index in [0.29, 0.717) is 5.56 Å². The normalized spacial score (nSPS) is 26.4. The van der Waals surface area contributed by atoms with E-state index in [1.165, 1.54) is 0 Å². The van der Waals surface area contributed by atoms with Crippen LogP contribution in [0.3, 0.4) is 0 Å². The van der Waals surface area contributed by atoms with Gasteiger partial charge in [-0.1, -0.05) is 30.3 Å². The molecule has 72 valence electrons. The van der Waals surface area contributed by atoms with Gasteiger partial charge in [0.05, 0.1) is 6.42 Å². The zero-order valence-corrected chi connectivity index (χ0v) is 8.04. The number of benzene rings is 1. The molecule has 1 N–H and O–H groups in total. The van der Waals surface area contributed by atoms with Crippen molar-refractivity contribution >= 4 is 23.4 Å². The van der Waals surface area contributed by atoms with Gasteiger partial charge < -0.3 is 0 Å². The molecule has 0 aliphatic carbocycles. The smallest absolute Gasteiger partial charge is 0.252 e. The highest BCUT2D eigenvalue weighted by Crippen LogP contribution is 2.36. The molecule has 2 rings (SSSR count). The van der Waals surface area contributed by atoms with Crippen molar-refractivity contribution in [3.8, 4) is 0 Å². The van der Waals surface area contributed by atoms with Gasteiger partial charge in [-0.3, -0.25) is 14.9 Å². The molecular formula is C10H8ClNO2. The van der Waals surface area contributed by atoms with Gasteiger partial charge in [-0.15, -0.1) is 11.6 Å². The Morgan fingerprint density at radius 3 is 2.36 bits per heavy atom. The van der Waals surface area contributed by atoms with E-state index in [4.69, 9.17) is 11.6 Å². The summed E-state index contributed by atoms with van der Waals surface area (Å²) in [5.74, 6) is -0.760. The molecule has 0 saturated carbocycles. The molecule has 0 bridgehead atoms. The lowest BCUT2D eigenvalue weighted by molar-refractivity contribution is -0.125. The Morgan fingerprint density at radius 2 is 1.86 bits per heavy atom. The Kier molecular flexibility index (Phi) is 2.04. The number of imide groups is 1. The molecule has 1 aromatic rings. The fourth-order valence-electron chi connectivity index (χ4n) is 1.51. The summed E-state index contributed by atoms with van der Waals surface area (Å²) < 4.78 is 0. The van der Waals surface area contributed by atoms with Crippen LogP contribution < -0.4 is 5.32 Å². The third-order valence-electron chi connectivity index (χ3n) is 2.25. The minimum atomic E-state index is -1.21. The van der Waals surface area contributed by atoms with Crippen LogP contribution >= 0.6 is 11.6 Å². The van der Waals surface area contributed by atoms with Gasteiger partial charge in [0.25, 0.3) is 5.91 Å². The molecule has 1 aliphatic heterocycles. The zero-order chi connectivity index (χ0) is 10.2. The first-order valence-electron chi connectivity index (χ1n) is 4.22. The summed E-state index contributed by atoms with van der Waals surface area (Å²) in [7, 11) is 0. The second-order valence-electron chi connectivity index (χ2n) is 3.22. The minimum Gasteiger partial charge on any atom is -0.295 e. The Bertz CT molecular complexity index is 390. The summed E-state index contributed by atoms with van der Waals surface area (Å²) in [4.78, 5) is 21.3. The van der Waals surface area contributed by atoms with Crippen LogP contribution in [-0.4, -0.2) is 11.8 Å². The molecular weight excluding hydrogens is 202 g/mol. The van der Waals surface area contributed by atoms with Gasteiger partial charge >= 0.3 is 0 Å². The average Bonchev–Trinajstić information content (AvgIpc) is 2.43. The number of carbonyl (C=O) groups is 2. The molecule has 14 heavy (non-hydrogen) atoms. The molecule has 1 heterocycles. The first-order valence-corrected chi connectivity index (χ1v) is 4.59. The minimum absolute atomic E-state index is 0.0113. The van der Waals surface area contributed by atoms with Crippen LogP contribution in [0.2, 0.25) is 0 Å². The number of nitrogens with one attached hydrogen (secondary N) is 1. The molecule has 1 atom stereocenters. The number of hydrogen-bond acceptors (Lipinski definition) is 2. The van der Waals surface area contributed by atoms with Crippen molar-refractivity contribution in [3.05, 3.63) is 35.9 Å². The summed E-state index contributed by atoms with van der Waals surface area (Å²) in [6.07, 6.45) is 0.0113. The van der Waals surface area contributed by atoms with Crippen molar-refractivity contribution in [1.29, 1.82) is 0 Å². The molecule has 1 saturated heterocycles. The van der Waals surface area contributed by atoms with E-state index in [2.05, 4.69) is 5.32 Å². The summed E-state index contributed by atoms with van der Waals surface area (Å²) in [5.41, 5.74) is 0.657. The highest BCUT2D eigenvalue weighted by molar-refractivity contribution is 6.39. The average molecular weight is 210 g/mol. The zero-order valence-electron chi connectivity index (χ0n) is 7.29. The maximum Gasteiger partial charge on any atom is 0.252 e. The van der Waals surface area contributed by atoms with Gasteiger partial charge in [0, 0.05) is 0 Å². The Morgan fingerprint density at radius 1 is 1.21 bits per heavy atom. The fraction of sp³-hybridized carbons (Fsp3) is 0.200. The summed E-state index contributed by atoms with van der Waals surface area (Å²) in [6.45, 7) is 0. The molecule has 1 aliphatic rings. The van der Waals surface area contributed by atoms with Crippen LogP contribution in [0.15, 0.2) is 30.3 Å². The standard InChI is InChI=1S/C10H8ClNO2/c11-10(6-8(13)12-9(10)14)7-4-2-1-3-5-7/h1-5H,6H2,(H,12,13,14). The van der Waals surface area contributed by atoms with Crippen LogP contribution in [0.4, 0.5) is 0 Å². The molecule has 0 aromatic heterocycles. The first-order chi connectivity index (χ1) is 6.63. The molecule has 0 radical (unpaired) electrons. The van der Waals surface area contributed by atoms with E-state index in [-0.39, 0.29) is 12.3 Å². The van der Waals surface area contributed by atoms with Gasteiger partial charge in [-0.2, -0.15) is 0 Å². The van der Waals surface area contributed by atoms with Crippen LogP contribution in [-0.2, 0) is 14.5 Å². The van der Waals surface area contributed by atoms with Crippen molar-refractivity contribution in [2.45, 2.75) is 11.3 Å². The number of carbonyl (C=O) groups excluding carboxylic acids is 2. The van der Waals surface area contributed by atoms with Gasteiger partial charge in [0.2, 0.25) is 5.91 Å². The number of rotatable bonds is 1. The van der Waals surface area contributed by atoms with Crippen molar-refractivity contribution in [3.63, 3.8) is 0 Å². The van der Waals surface area contributed by atoms with E-state index >= 15 is 0 Å². The topological polar surface area (TPSA) is 46.2 Å². The van der Waals surface area contributed by atoms with E-state index < -0.39 is 10.8 Å². The quantitative estimate of drug-likeness (QED) is 0.558. The fourth-order valence-corrected chi connectivity index (χ4v) is 1.80. The van der Waals surface area contributed by atoms with Gasteiger partial charge in [0.15, 0.2) is 4.87 Å². The number of alkyl halides is 1. The first kappa shape index (κ1) is 9.21. The third kappa shape index (κ3) is 1.30. The second-order valence-corrected chi connectivity index (χ2v) is 3.87. The highest BCUT2D eigenvalue weighted by atomic mass is 35.5. The number of hydrogen-bond donors (Lipinski definition) is 1. The molecule has 4 heteroatoms. The van der Waals surface area contributed by atoms with Crippen molar-refractivity contribution in [2.24, 2.45) is 0 Å². The summed E-state index contributed by atoms with van der Waals surface area (Å²) in [5, 5.41) is 2.20. The van der Waals surface area contributed by atoms with E-state index in [9.17, 15) is 9.59 Å².